The smallest absolute Gasteiger partial charge is 0.428 e. The van der Waals surface area contributed by atoms with E-state index in [2.05, 4.69) is 9.47 Å². The Morgan fingerprint density at radius 3 is 1.96 bits per heavy atom. The third-order valence-electron chi connectivity index (χ3n) is 3.41. The molecule has 0 fully saturated rings. The second kappa shape index (κ2) is 9.61. The maximum absolute atomic E-state index is 13.4. The molecule has 0 spiro atoms. The van der Waals surface area contributed by atoms with Crippen molar-refractivity contribution in [1.29, 1.82) is 0 Å². The summed E-state index contributed by atoms with van der Waals surface area (Å²) in [7, 11) is 0. The zero-order valence-corrected chi connectivity index (χ0v) is 13.9. The molecule has 6 nitrogen and oxygen atoms in total. The van der Waals surface area contributed by atoms with Crippen LogP contribution < -0.4 is 0 Å². The second-order valence-corrected chi connectivity index (χ2v) is 5.12. The maximum atomic E-state index is 13.4. The normalized spacial score (nSPS) is 15.3. The van der Waals surface area contributed by atoms with Crippen molar-refractivity contribution < 1.29 is 42.1 Å². The van der Waals surface area contributed by atoms with Gasteiger partial charge in [0.15, 0.2) is 0 Å². The summed E-state index contributed by atoms with van der Waals surface area (Å²) in [6.07, 6.45) is -4.78. The van der Waals surface area contributed by atoms with Gasteiger partial charge in [-0.3, -0.25) is 4.79 Å². The topological polar surface area (TPSA) is 89.9 Å². The highest BCUT2D eigenvalue weighted by atomic mass is 19.4. The highest BCUT2D eigenvalue weighted by molar-refractivity contribution is 6.35. The van der Waals surface area contributed by atoms with Gasteiger partial charge in [0.25, 0.3) is 5.60 Å². The van der Waals surface area contributed by atoms with Gasteiger partial charge in [-0.1, -0.05) is 26.2 Å². The van der Waals surface area contributed by atoms with E-state index < -0.39 is 48.4 Å². The highest BCUT2D eigenvalue weighted by Gasteiger charge is 2.67. The average Bonchev–Trinajstić information content (AvgIpc) is 2.49. The monoisotopic (exact) mass is 356 g/mol. The minimum absolute atomic E-state index is 0.115. The molecule has 0 radical (unpaired) electrons. The van der Waals surface area contributed by atoms with Crippen molar-refractivity contribution in [2.75, 3.05) is 13.2 Å². The number of hydrogen-bond donors (Lipinski definition) is 1. The van der Waals surface area contributed by atoms with Crippen molar-refractivity contribution in [3.8, 4) is 0 Å². The number of carbonyl (C=O) groups is 3. The van der Waals surface area contributed by atoms with E-state index in [4.69, 9.17) is 0 Å². The van der Waals surface area contributed by atoms with Crippen LogP contribution in [0.1, 0.15) is 46.5 Å². The standard InChI is InChI=1S/C15H23F3O6/c1-4-7-8-9-10(11(19)12(20)23-5-2)14(22,15(16,17)18)13(21)24-6-3/h10,22H,4-9H2,1-3H3. The van der Waals surface area contributed by atoms with Crippen molar-refractivity contribution >= 4 is 17.7 Å². The molecule has 24 heavy (non-hydrogen) atoms. The number of aliphatic hydroxyl groups is 1. The van der Waals surface area contributed by atoms with Crippen LogP contribution in [0.3, 0.4) is 0 Å². The van der Waals surface area contributed by atoms with E-state index in [1.54, 1.807) is 6.92 Å². The van der Waals surface area contributed by atoms with Gasteiger partial charge in [-0.2, -0.15) is 13.2 Å². The van der Waals surface area contributed by atoms with Gasteiger partial charge in [0.1, 0.15) is 0 Å². The molecule has 0 heterocycles. The van der Waals surface area contributed by atoms with Gasteiger partial charge in [-0.15, -0.1) is 0 Å². The van der Waals surface area contributed by atoms with E-state index in [0.717, 1.165) is 0 Å². The summed E-state index contributed by atoms with van der Waals surface area (Å²) >= 11 is 0. The summed E-state index contributed by atoms with van der Waals surface area (Å²) in [4.78, 5) is 35.4. The zero-order valence-electron chi connectivity index (χ0n) is 13.9. The maximum Gasteiger partial charge on any atom is 0.428 e. The molecule has 9 heteroatoms. The molecule has 0 saturated heterocycles. The van der Waals surface area contributed by atoms with Crippen molar-refractivity contribution in [2.45, 2.75) is 58.2 Å². The fraction of sp³-hybridized carbons (Fsp3) is 0.800. The van der Waals surface area contributed by atoms with Crippen molar-refractivity contribution in [2.24, 2.45) is 5.92 Å². The summed E-state index contributed by atoms with van der Waals surface area (Å²) in [5.41, 5.74) is -4.10. The Balaban J connectivity index is 5.85. The van der Waals surface area contributed by atoms with Crippen LogP contribution >= 0.6 is 0 Å². The molecule has 0 aromatic rings. The summed E-state index contributed by atoms with van der Waals surface area (Å²) in [6.45, 7) is 3.76. The number of hydrogen-bond acceptors (Lipinski definition) is 6. The Morgan fingerprint density at radius 2 is 1.54 bits per heavy atom. The number of unbranched alkanes of at least 4 members (excludes halogenated alkanes) is 2. The molecular formula is C15H23F3O6. The van der Waals surface area contributed by atoms with Gasteiger partial charge in [0.05, 0.1) is 19.1 Å². The second-order valence-electron chi connectivity index (χ2n) is 5.12. The minimum atomic E-state index is -5.49. The zero-order chi connectivity index (χ0) is 19.0. The van der Waals surface area contributed by atoms with Crippen LogP contribution in [-0.4, -0.2) is 47.8 Å². The van der Waals surface area contributed by atoms with Gasteiger partial charge in [-0.05, 0) is 20.3 Å². The van der Waals surface area contributed by atoms with Crippen LogP contribution in [0.15, 0.2) is 0 Å². The molecule has 0 aromatic carbocycles. The number of Topliss-reactive ketones (excluding diaryl/α,β-unsaturated/α-hetero) is 1. The van der Waals surface area contributed by atoms with Gasteiger partial charge in [-0.25, -0.2) is 9.59 Å². The number of ether oxygens (including phenoxy) is 2. The number of ketones is 1. The summed E-state index contributed by atoms with van der Waals surface area (Å²) in [5.74, 6) is -7.44. The first kappa shape index (κ1) is 22.4. The van der Waals surface area contributed by atoms with E-state index in [9.17, 15) is 32.7 Å². The van der Waals surface area contributed by atoms with Crippen LogP contribution in [0.2, 0.25) is 0 Å². The Kier molecular flexibility index (Phi) is 8.95. The number of halogens is 3. The lowest BCUT2D eigenvalue weighted by Crippen LogP contribution is -2.61. The molecule has 1 N–H and O–H groups in total. The number of carbonyl (C=O) groups excluding carboxylic acids is 3. The Labute approximate surface area is 138 Å². The molecule has 140 valence electrons. The van der Waals surface area contributed by atoms with E-state index in [1.165, 1.54) is 13.8 Å². The molecular weight excluding hydrogens is 333 g/mol. The third kappa shape index (κ3) is 5.19. The first-order valence-electron chi connectivity index (χ1n) is 7.75. The number of rotatable bonds is 10. The van der Waals surface area contributed by atoms with Gasteiger partial charge < -0.3 is 14.6 Å². The van der Waals surface area contributed by atoms with Gasteiger partial charge >= 0.3 is 18.1 Å². The van der Waals surface area contributed by atoms with E-state index >= 15 is 0 Å². The van der Waals surface area contributed by atoms with Crippen LogP contribution in [0.25, 0.3) is 0 Å². The molecule has 0 amide bonds. The SMILES string of the molecule is CCCCCC(C(=O)C(=O)OCC)C(O)(C(=O)OCC)C(F)(F)F. The predicted octanol–water partition coefficient (Wildman–Crippen LogP) is 2.17. The third-order valence-corrected chi connectivity index (χ3v) is 3.41. The fourth-order valence-electron chi connectivity index (χ4n) is 2.17. The van der Waals surface area contributed by atoms with Gasteiger partial charge in [0.2, 0.25) is 5.78 Å². The molecule has 0 aromatic heterocycles. The number of alkyl halides is 3. The average molecular weight is 356 g/mol. The number of esters is 2. The minimum Gasteiger partial charge on any atom is -0.464 e. The lowest BCUT2D eigenvalue weighted by atomic mass is 9.79. The van der Waals surface area contributed by atoms with Crippen LogP contribution in [-0.2, 0) is 23.9 Å². The fourth-order valence-corrected chi connectivity index (χ4v) is 2.17. The first-order valence-corrected chi connectivity index (χ1v) is 7.75. The first-order chi connectivity index (χ1) is 11.1. The summed E-state index contributed by atoms with van der Waals surface area (Å²) in [5, 5.41) is 10.1. The van der Waals surface area contributed by atoms with Crippen molar-refractivity contribution in [3.63, 3.8) is 0 Å². The van der Waals surface area contributed by atoms with Crippen LogP contribution in [0.5, 0.6) is 0 Å². The summed E-state index contributed by atoms with van der Waals surface area (Å²) in [6, 6.07) is 0. The van der Waals surface area contributed by atoms with Crippen LogP contribution in [0, 0.1) is 5.92 Å². The molecule has 0 aliphatic carbocycles. The van der Waals surface area contributed by atoms with E-state index in [-0.39, 0.29) is 13.0 Å². The van der Waals surface area contributed by atoms with Gasteiger partial charge in [0, 0.05) is 0 Å². The molecule has 0 aliphatic rings. The van der Waals surface area contributed by atoms with Crippen molar-refractivity contribution in [3.05, 3.63) is 0 Å². The largest absolute Gasteiger partial charge is 0.464 e. The quantitative estimate of drug-likeness (QED) is 0.367. The highest BCUT2D eigenvalue weighted by Crippen LogP contribution is 2.40. The Hall–Kier alpha value is -1.64. The molecule has 0 saturated carbocycles. The lowest BCUT2D eigenvalue weighted by molar-refractivity contribution is -0.276. The molecule has 2 atom stereocenters. The molecule has 0 aliphatic heterocycles. The molecule has 0 rings (SSSR count). The summed E-state index contributed by atoms with van der Waals surface area (Å²) < 4.78 is 48.9. The molecule has 2 unspecified atom stereocenters. The van der Waals surface area contributed by atoms with Crippen LogP contribution in [0.4, 0.5) is 13.2 Å². The van der Waals surface area contributed by atoms with Crippen molar-refractivity contribution in [1.82, 2.24) is 0 Å². The lowest BCUT2D eigenvalue weighted by Gasteiger charge is -2.34. The Morgan fingerprint density at radius 1 is 1.00 bits per heavy atom. The Bertz CT molecular complexity index is 449. The van der Waals surface area contributed by atoms with E-state index in [0.29, 0.717) is 12.8 Å². The molecule has 0 bridgehead atoms. The predicted molar refractivity (Wildman–Crippen MR) is 76.9 cm³/mol. The van der Waals surface area contributed by atoms with E-state index in [1.807, 2.05) is 0 Å².